The van der Waals surface area contributed by atoms with E-state index in [-0.39, 0.29) is 11.4 Å². The number of piperidine rings is 1. The summed E-state index contributed by atoms with van der Waals surface area (Å²) in [4.78, 5) is 12.0. The quantitative estimate of drug-likeness (QED) is 0.746. The predicted octanol–water partition coefficient (Wildman–Crippen LogP) is 1.82. The van der Waals surface area contributed by atoms with Crippen molar-refractivity contribution >= 4 is 5.91 Å². The molecule has 0 radical (unpaired) electrons. The van der Waals surface area contributed by atoms with E-state index in [2.05, 4.69) is 24.5 Å². The smallest absolute Gasteiger partial charge is 0.240 e. The first-order valence-electron chi connectivity index (χ1n) is 6.14. The molecule has 1 aliphatic rings. The van der Waals surface area contributed by atoms with Gasteiger partial charge in [0, 0.05) is 6.04 Å². The Hall–Kier alpha value is -0.570. The molecule has 0 aromatic carbocycles. The lowest BCUT2D eigenvalue weighted by atomic mass is 9.90. The molecule has 0 bridgehead atoms. The number of nitrogens with one attached hydrogen (secondary N) is 2. The highest BCUT2D eigenvalue weighted by Crippen LogP contribution is 2.19. The molecule has 2 unspecified atom stereocenters. The van der Waals surface area contributed by atoms with Crippen LogP contribution in [0, 0.1) is 0 Å². The van der Waals surface area contributed by atoms with Crippen LogP contribution in [0.25, 0.3) is 0 Å². The molecule has 15 heavy (non-hydrogen) atoms. The first kappa shape index (κ1) is 12.5. The van der Waals surface area contributed by atoms with Crippen molar-refractivity contribution < 1.29 is 4.79 Å². The number of rotatable bonds is 4. The number of amides is 1. The van der Waals surface area contributed by atoms with Crippen molar-refractivity contribution in [3.8, 4) is 0 Å². The molecular weight excluding hydrogens is 188 g/mol. The highest BCUT2D eigenvalue weighted by Gasteiger charge is 2.34. The van der Waals surface area contributed by atoms with Crippen LogP contribution in [0.1, 0.15) is 52.9 Å². The molecule has 0 aromatic rings. The van der Waals surface area contributed by atoms with Gasteiger partial charge in [0.1, 0.15) is 0 Å². The van der Waals surface area contributed by atoms with Gasteiger partial charge in [-0.3, -0.25) is 4.79 Å². The van der Waals surface area contributed by atoms with Gasteiger partial charge in [0.25, 0.3) is 0 Å². The van der Waals surface area contributed by atoms with Crippen LogP contribution >= 0.6 is 0 Å². The van der Waals surface area contributed by atoms with E-state index >= 15 is 0 Å². The van der Waals surface area contributed by atoms with Crippen LogP contribution in [0.15, 0.2) is 0 Å². The van der Waals surface area contributed by atoms with Crippen LogP contribution in [0.5, 0.6) is 0 Å². The summed E-state index contributed by atoms with van der Waals surface area (Å²) in [6, 6.07) is 0.294. The second kappa shape index (κ2) is 5.50. The van der Waals surface area contributed by atoms with Gasteiger partial charge in [-0.1, -0.05) is 13.3 Å². The van der Waals surface area contributed by atoms with Crippen molar-refractivity contribution in [2.45, 2.75) is 64.5 Å². The highest BCUT2D eigenvalue weighted by atomic mass is 16.2. The Morgan fingerprint density at radius 1 is 1.53 bits per heavy atom. The van der Waals surface area contributed by atoms with Crippen LogP contribution < -0.4 is 10.6 Å². The third-order valence-corrected chi connectivity index (χ3v) is 3.22. The predicted molar refractivity (Wildman–Crippen MR) is 62.8 cm³/mol. The van der Waals surface area contributed by atoms with E-state index in [1.807, 2.05) is 6.92 Å². The SMILES string of the molecule is CCCC(C)NC(=O)C1(C)CCCCN1. The highest BCUT2D eigenvalue weighted by molar-refractivity contribution is 5.86. The van der Waals surface area contributed by atoms with E-state index in [0.717, 1.165) is 32.2 Å². The molecule has 1 aliphatic heterocycles. The monoisotopic (exact) mass is 212 g/mol. The Kier molecular flexibility index (Phi) is 4.58. The van der Waals surface area contributed by atoms with Crippen molar-refractivity contribution in [3.05, 3.63) is 0 Å². The van der Waals surface area contributed by atoms with Crippen LogP contribution in [-0.2, 0) is 4.79 Å². The topological polar surface area (TPSA) is 41.1 Å². The van der Waals surface area contributed by atoms with E-state index in [4.69, 9.17) is 0 Å². The third-order valence-electron chi connectivity index (χ3n) is 3.22. The average Bonchev–Trinajstić information content (AvgIpc) is 2.19. The Labute approximate surface area is 93.0 Å². The molecule has 0 aliphatic carbocycles. The first-order chi connectivity index (χ1) is 7.08. The van der Waals surface area contributed by atoms with E-state index in [1.165, 1.54) is 6.42 Å². The molecule has 3 nitrogen and oxygen atoms in total. The average molecular weight is 212 g/mol. The molecular formula is C12H24N2O. The fraction of sp³-hybridized carbons (Fsp3) is 0.917. The second-order valence-electron chi connectivity index (χ2n) is 4.88. The summed E-state index contributed by atoms with van der Waals surface area (Å²) >= 11 is 0. The number of hydrogen-bond donors (Lipinski definition) is 2. The number of carbonyl (C=O) groups excluding carboxylic acids is 1. The van der Waals surface area contributed by atoms with Crippen molar-refractivity contribution in [2.75, 3.05) is 6.54 Å². The maximum atomic E-state index is 12.0. The summed E-state index contributed by atoms with van der Waals surface area (Å²) in [5.74, 6) is 0.170. The van der Waals surface area contributed by atoms with Gasteiger partial charge in [0.05, 0.1) is 5.54 Å². The van der Waals surface area contributed by atoms with Gasteiger partial charge in [-0.25, -0.2) is 0 Å². The minimum atomic E-state index is -0.333. The molecule has 1 fully saturated rings. The molecule has 0 aromatic heterocycles. The molecule has 88 valence electrons. The molecule has 2 N–H and O–H groups in total. The Bertz CT molecular complexity index is 210. The first-order valence-corrected chi connectivity index (χ1v) is 6.14. The lowest BCUT2D eigenvalue weighted by molar-refractivity contribution is -0.128. The molecule has 1 amide bonds. The number of hydrogen-bond acceptors (Lipinski definition) is 2. The van der Waals surface area contributed by atoms with Crippen LogP contribution in [0.3, 0.4) is 0 Å². The zero-order valence-corrected chi connectivity index (χ0v) is 10.2. The van der Waals surface area contributed by atoms with E-state index in [0.29, 0.717) is 6.04 Å². The molecule has 1 heterocycles. The standard InChI is InChI=1S/C12H24N2O/c1-4-7-10(2)14-11(15)12(3)8-5-6-9-13-12/h10,13H,4-9H2,1-3H3,(H,14,15). The zero-order valence-electron chi connectivity index (χ0n) is 10.2. The van der Waals surface area contributed by atoms with E-state index in [9.17, 15) is 4.79 Å². The second-order valence-corrected chi connectivity index (χ2v) is 4.88. The molecule has 2 atom stereocenters. The van der Waals surface area contributed by atoms with Gasteiger partial charge < -0.3 is 10.6 Å². The van der Waals surface area contributed by atoms with Crippen LogP contribution in [0.4, 0.5) is 0 Å². The van der Waals surface area contributed by atoms with E-state index < -0.39 is 0 Å². The van der Waals surface area contributed by atoms with E-state index in [1.54, 1.807) is 0 Å². The van der Waals surface area contributed by atoms with Gasteiger partial charge in [0.15, 0.2) is 0 Å². The van der Waals surface area contributed by atoms with Crippen molar-refractivity contribution in [1.29, 1.82) is 0 Å². The molecule has 0 spiro atoms. The summed E-state index contributed by atoms with van der Waals surface area (Å²) in [6.07, 6.45) is 5.47. The molecule has 0 saturated carbocycles. The summed E-state index contributed by atoms with van der Waals surface area (Å²) in [5.41, 5.74) is -0.333. The zero-order chi connectivity index (χ0) is 11.3. The summed E-state index contributed by atoms with van der Waals surface area (Å²) in [7, 11) is 0. The minimum absolute atomic E-state index is 0.170. The maximum Gasteiger partial charge on any atom is 0.240 e. The van der Waals surface area contributed by atoms with Gasteiger partial charge in [0.2, 0.25) is 5.91 Å². The fourth-order valence-electron chi connectivity index (χ4n) is 2.14. The largest absolute Gasteiger partial charge is 0.352 e. The molecule has 1 rings (SSSR count). The van der Waals surface area contributed by atoms with Gasteiger partial charge >= 0.3 is 0 Å². The number of carbonyl (C=O) groups is 1. The van der Waals surface area contributed by atoms with Crippen molar-refractivity contribution in [2.24, 2.45) is 0 Å². The Morgan fingerprint density at radius 2 is 2.27 bits per heavy atom. The third kappa shape index (κ3) is 3.49. The van der Waals surface area contributed by atoms with Gasteiger partial charge in [-0.2, -0.15) is 0 Å². The lowest BCUT2D eigenvalue weighted by Gasteiger charge is -2.34. The van der Waals surface area contributed by atoms with Crippen molar-refractivity contribution in [3.63, 3.8) is 0 Å². The fourth-order valence-corrected chi connectivity index (χ4v) is 2.14. The summed E-state index contributed by atoms with van der Waals surface area (Å²) in [5, 5.41) is 6.42. The Balaban J connectivity index is 2.44. The van der Waals surface area contributed by atoms with Crippen LogP contribution in [0.2, 0.25) is 0 Å². The normalized spacial score (nSPS) is 28.5. The lowest BCUT2D eigenvalue weighted by Crippen LogP contribution is -2.58. The molecule has 3 heteroatoms. The summed E-state index contributed by atoms with van der Waals surface area (Å²) in [6.45, 7) is 7.20. The van der Waals surface area contributed by atoms with Gasteiger partial charge in [-0.15, -0.1) is 0 Å². The maximum absolute atomic E-state index is 12.0. The minimum Gasteiger partial charge on any atom is -0.352 e. The Morgan fingerprint density at radius 3 is 2.80 bits per heavy atom. The van der Waals surface area contributed by atoms with Crippen LogP contribution in [-0.4, -0.2) is 24.0 Å². The molecule has 1 saturated heterocycles. The van der Waals surface area contributed by atoms with Gasteiger partial charge in [-0.05, 0) is 46.1 Å². The summed E-state index contributed by atoms with van der Waals surface area (Å²) < 4.78 is 0. The van der Waals surface area contributed by atoms with Crippen molar-refractivity contribution in [1.82, 2.24) is 10.6 Å².